The Hall–Kier alpha value is -3.80. The number of carbonyl (C=O) groups is 2. The molecule has 0 saturated carbocycles. The second kappa shape index (κ2) is 11.4. The molecule has 6 heteroatoms. The second-order valence-corrected chi connectivity index (χ2v) is 9.06. The molecule has 0 bridgehead atoms. The fourth-order valence-electron chi connectivity index (χ4n) is 3.51. The Labute approximate surface area is 201 Å². The minimum atomic E-state index is -0.816. The van der Waals surface area contributed by atoms with Gasteiger partial charge in [-0.2, -0.15) is 0 Å². The lowest BCUT2D eigenvalue weighted by Crippen LogP contribution is -2.47. The molecule has 3 aromatic rings. The largest absolute Gasteiger partial charge is 0.497 e. The van der Waals surface area contributed by atoms with Crippen molar-refractivity contribution in [2.75, 3.05) is 12.4 Å². The van der Waals surface area contributed by atoms with Gasteiger partial charge in [-0.1, -0.05) is 60.7 Å². The Morgan fingerprint density at radius 2 is 1.50 bits per heavy atom. The quantitative estimate of drug-likeness (QED) is 0.474. The van der Waals surface area contributed by atoms with Gasteiger partial charge in [-0.25, -0.2) is 4.79 Å². The zero-order valence-corrected chi connectivity index (χ0v) is 20.1. The van der Waals surface area contributed by atoms with Crippen molar-refractivity contribution < 1.29 is 19.1 Å². The summed E-state index contributed by atoms with van der Waals surface area (Å²) in [4.78, 5) is 25.8. The van der Waals surface area contributed by atoms with Gasteiger partial charge in [-0.3, -0.25) is 4.79 Å². The zero-order chi connectivity index (χ0) is 24.6. The maximum absolute atomic E-state index is 13.4. The number of hydrogen-bond acceptors (Lipinski definition) is 4. The molecule has 6 nitrogen and oxygen atoms in total. The summed E-state index contributed by atoms with van der Waals surface area (Å²) < 4.78 is 10.8. The maximum atomic E-state index is 13.4. The fraction of sp³-hybridized carbons (Fsp3) is 0.286. The highest BCUT2D eigenvalue weighted by molar-refractivity contribution is 5.97. The Morgan fingerprint density at radius 3 is 2.09 bits per heavy atom. The van der Waals surface area contributed by atoms with Gasteiger partial charge in [0.05, 0.1) is 7.11 Å². The van der Waals surface area contributed by atoms with Gasteiger partial charge in [0.25, 0.3) is 0 Å². The molecule has 34 heavy (non-hydrogen) atoms. The highest BCUT2D eigenvalue weighted by Gasteiger charge is 2.25. The molecule has 0 aromatic heterocycles. The predicted molar refractivity (Wildman–Crippen MR) is 134 cm³/mol. The smallest absolute Gasteiger partial charge is 0.408 e. The minimum absolute atomic E-state index is 0.325. The van der Waals surface area contributed by atoms with Crippen LogP contribution in [0.25, 0.3) is 0 Å². The summed E-state index contributed by atoms with van der Waals surface area (Å²) in [5, 5.41) is 5.74. The number of carbonyl (C=O) groups excluding carboxylic acids is 2. The van der Waals surface area contributed by atoms with Crippen LogP contribution in [-0.2, 0) is 22.4 Å². The molecule has 2 N–H and O–H groups in total. The molecule has 178 valence electrons. The fourth-order valence-corrected chi connectivity index (χ4v) is 3.51. The van der Waals surface area contributed by atoms with Gasteiger partial charge in [-0.15, -0.1) is 0 Å². The number of benzene rings is 3. The Bertz CT molecular complexity index is 1090. The predicted octanol–water partition coefficient (Wildman–Crippen LogP) is 5.36. The molecule has 0 aliphatic heterocycles. The van der Waals surface area contributed by atoms with E-state index in [1.807, 2.05) is 72.8 Å². The summed E-state index contributed by atoms with van der Waals surface area (Å²) in [7, 11) is 1.61. The Balaban J connectivity index is 1.83. The highest BCUT2D eigenvalue weighted by Crippen LogP contribution is 2.25. The van der Waals surface area contributed by atoms with E-state index in [-0.39, 0.29) is 5.91 Å². The molecule has 0 aliphatic rings. The molecule has 0 heterocycles. The first kappa shape index (κ1) is 24.8. The Morgan fingerprint density at radius 1 is 0.882 bits per heavy atom. The topological polar surface area (TPSA) is 76.7 Å². The summed E-state index contributed by atoms with van der Waals surface area (Å²) >= 11 is 0. The van der Waals surface area contributed by atoms with Crippen LogP contribution in [0.1, 0.15) is 37.5 Å². The van der Waals surface area contributed by atoms with Crippen molar-refractivity contribution >= 4 is 17.7 Å². The maximum Gasteiger partial charge on any atom is 0.408 e. The van der Waals surface area contributed by atoms with Crippen LogP contribution in [0.15, 0.2) is 78.9 Å². The third-order valence-corrected chi connectivity index (χ3v) is 5.10. The first-order valence-corrected chi connectivity index (χ1v) is 11.3. The average Bonchev–Trinajstić information content (AvgIpc) is 2.80. The molecule has 3 aromatic carbocycles. The van der Waals surface area contributed by atoms with Crippen molar-refractivity contribution in [3.8, 4) is 5.75 Å². The number of methoxy groups -OCH3 is 1. The number of hydrogen-bond donors (Lipinski definition) is 2. The molecule has 3 rings (SSSR count). The van der Waals surface area contributed by atoms with Gasteiger partial charge in [0.2, 0.25) is 5.91 Å². The van der Waals surface area contributed by atoms with E-state index in [0.717, 1.165) is 16.7 Å². The van der Waals surface area contributed by atoms with Crippen LogP contribution in [0.2, 0.25) is 0 Å². The van der Waals surface area contributed by atoms with Crippen LogP contribution in [0.5, 0.6) is 5.75 Å². The van der Waals surface area contributed by atoms with Crippen LogP contribution in [0.4, 0.5) is 10.5 Å². The van der Waals surface area contributed by atoms with Gasteiger partial charge in [0, 0.05) is 12.1 Å². The van der Waals surface area contributed by atoms with Crippen molar-refractivity contribution in [3.63, 3.8) is 0 Å². The normalized spacial score (nSPS) is 11.9. The van der Waals surface area contributed by atoms with Crippen molar-refractivity contribution in [1.82, 2.24) is 5.32 Å². The van der Waals surface area contributed by atoms with Crippen LogP contribution >= 0.6 is 0 Å². The van der Waals surface area contributed by atoms with Crippen LogP contribution in [-0.4, -0.2) is 30.8 Å². The summed E-state index contributed by atoms with van der Waals surface area (Å²) in [5.41, 5.74) is 2.95. The molecule has 0 fully saturated rings. The van der Waals surface area contributed by atoms with E-state index in [1.54, 1.807) is 33.9 Å². The van der Waals surface area contributed by atoms with E-state index < -0.39 is 17.7 Å². The third-order valence-electron chi connectivity index (χ3n) is 5.10. The monoisotopic (exact) mass is 460 g/mol. The molecular formula is C28H32N2O4. The minimum Gasteiger partial charge on any atom is -0.497 e. The standard InChI is InChI=1S/C28H32N2O4/c1-28(2,3)34-27(32)30-25(18-21-13-9-6-10-14-21)26(31)29-24-16-15-23(33-4)19-22(24)17-20-11-7-5-8-12-20/h5-16,19,25H,17-18H2,1-4H3,(H,29,31)(H,30,32)/t25-/m0/s1. The summed E-state index contributed by atoms with van der Waals surface area (Å²) in [6.07, 6.45) is 0.315. The first-order chi connectivity index (χ1) is 16.2. The van der Waals surface area contributed by atoms with E-state index >= 15 is 0 Å². The first-order valence-electron chi connectivity index (χ1n) is 11.3. The molecule has 2 amide bonds. The van der Waals surface area contributed by atoms with Gasteiger partial charge in [0.15, 0.2) is 0 Å². The number of amides is 2. The number of ether oxygens (including phenoxy) is 2. The molecular weight excluding hydrogens is 428 g/mol. The zero-order valence-electron chi connectivity index (χ0n) is 20.1. The van der Waals surface area contributed by atoms with Crippen LogP contribution in [0.3, 0.4) is 0 Å². The van der Waals surface area contributed by atoms with Crippen molar-refractivity contribution in [2.45, 2.75) is 45.3 Å². The van der Waals surface area contributed by atoms with Crippen LogP contribution in [0, 0.1) is 0 Å². The summed E-state index contributed by atoms with van der Waals surface area (Å²) in [6.45, 7) is 5.35. The number of nitrogens with one attached hydrogen (secondary N) is 2. The number of alkyl carbamates (subject to hydrolysis) is 1. The van der Waals surface area contributed by atoms with E-state index in [1.165, 1.54) is 0 Å². The van der Waals surface area contributed by atoms with E-state index in [9.17, 15) is 9.59 Å². The lowest BCUT2D eigenvalue weighted by molar-refractivity contribution is -0.118. The molecule has 0 spiro atoms. The van der Waals surface area contributed by atoms with Crippen molar-refractivity contribution in [1.29, 1.82) is 0 Å². The van der Waals surface area contributed by atoms with E-state index in [0.29, 0.717) is 24.3 Å². The van der Waals surface area contributed by atoms with E-state index in [4.69, 9.17) is 9.47 Å². The van der Waals surface area contributed by atoms with Crippen LogP contribution < -0.4 is 15.4 Å². The van der Waals surface area contributed by atoms with E-state index in [2.05, 4.69) is 10.6 Å². The molecule has 0 unspecified atom stereocenters. The molecule has 0 saturated heterocycles. The lowest BCUT2D eigenvalue weighted by atomic mass is 10.0. The van der Waals surface area contributed by atoms with Gasteiger partial charge >= 0.3 is 6.09 Å². The molecule has 0 aliphatic carbocycles. The lowest BCUT2D eigenvalue weighted by Gasteiger charge is -2.24. The molecule has 0 radical (unpaired) electrons. The summed E-state index contributed by atoms with van der Waals surface area (Å²) in [5.74, 6) is 0.380. The van der Waals surface area contributed by atoms with Crippen molar-refractivity contribution in [3.05, 3.63) is 95.6 Å². The average molecular weight is 461 g/mol. The molecule has 1 atom stereocenters. The van der Waals surface area contributed by atoms with Gasteiger partial charge < -0.3 is 20.1 Å². The number of anilines is 1. The SMILES string of the molecule is COc1ccc(NC(=O)[C@H](Cc2ccccc2)NC(=O)OC(C)(C)C)c(Cc2ccccc2)c1. The Kier molecular flexibility index (Phi) is 8.30. The van der Waals surface area contributed by atoms with Gasteiger partial charge in [0.1, 0.15) is 17.4 Å². The number of rotatable bonds is 8. The second-order valence-electron chi connectivity index (χ2n) is 9.06. The highest BCUT2D eigenvalue weighted by atomic mass is 16.6. The van der Waals surface area contributed by atoms with Crippen molar-refractivity contribution in [2.24, 2.45) is 0 Å². The third kappa shape index (κ3) is 7.66. The summed E-state index contributed by atoms with van der Waals surface area (Å²) in [6, 6.07) is 24.3. The van der Waals surface area contributed by atoms with Gasteiger partial charge in [-0.05, 0) is 62.1 Å².